The van der Waals surface area contributed by atoms with E-state index in [0.717, 1.165) is 5.56 Å². The minimum absolute atomic E-state index is 0.0637. The van der Waals surface area contributed by atoms with Crippen molar-refractivity contribution in [3.63, 3.8) is 0 Å². The molecule has 0 saturated carbocycles. The number of carbonyl (C=O) groups excluding carboxylic acids is 2. The summed E-state index contributed by atoms with van der Waals surface area (Å²) in [7, 11) is 1.51. The molecule has 142 valence electrons. The standard InChI is InChI=1S/C19H21N3O5/c1-13-4-6-15(7-5-13)20-18(23)12-21(3)19(24)14(2)27-17-10-8-16(9-11-17)22(25)26/h4-11,14H,12H2,1-3H3,(H,20,23)/t14-/m1/s1. The maximum atomic E-state index is 12.4. The van der Waals surface area contributed by atoms with Crippen LogP contribution in [0.3, 0.4) is 0 Å². The maximum Gasteiger partial charge on any atom is 0.269 e. The number of anilines is 1. The molecule has 0 saturated heterocycles. The number of amides is 2. The Bertz CT molecular complexity index is 818. The predicted molar refractivity (Wildman–Crippen MR) is 101 cm³/mol. The van der Waals surface area contributed by atoms with Crippen molar-refractivity contribution in [3.05, 3.63) is 64.2 Å². The van der Waals surface area contributed by atoms with E-state index < -0.39 is 11.0 Å². The SMILES string of the molecule is Cc1ccc(NC(=O)CN(C)C(=O)[C@@H](C)Oc2ccc([N+](=O)[O-])cc2)cc1. The number of non-ortho nitro benzene ring substituents is 1. The molecule has 0 aliphatic carbocycles. The molecule has 0 aliphatic rings. The number of nitrogens with zero attached hydrogens (tertiary/aromatic N) is 2. The molecule has 0 heterocycles. The Labute approximate surface area is 156 Å². The van der Waals surface area contributed by atoms with Gasteiger partial charge < -0.3 is 15.0 Å². The molecule has 2 aromatic carbocycles. The van der Waals surface area contributed by atoms with Crippen LogP contribution in [0.4, 0.5) is 11.4 Å². The second-order valence-electron chi connectivity index (χ2n) is 6.12. The Hall–Kier alpha value is -3.42. The smallest absolute Gasteiger partial charge is 0.269 e. The van der Waals surface area contributed by atoms with Crippen molar-refractivity contribution in [1.29, 1.82) is 0 Å². The number of likely N-dealkylation sites (N-methyl/N-ethyl adjacent to an activating group) is 1. The fourth-order valence-electron chi connectivity index (χ4n) is 2.34. The Morgan fingerprint density at radius 1 is 1.15 bits per heavy atom. The van der Waals surface area contributed by atoms with Gasteiger partial charge in [0.25, 0.3) is 11.6 Å². The van der Waals surface area contributed by atoms with Crippen LogP contribution in [0.5, 0.6) is 5.75 Å². The Morgan fingerprint density at radius 2 is 1.74 bits per heavy atom. The zero-order valence-corrected chi connectivity index (χ0v) is 15.3. The van der Waals surface area contributed by atoms with E-state index in [-0.39, 0.29) is 24.0 Å². The topological polar surface area (TPSA) is 102 Å². The summed E-state index contributed by atoms with van der Waals surface area (Å²) in [6.07, 6.45) is -0.844. The second kappa shape index (κ2) is 8.79. The van der Waals surface area contributed by atoms with E-state index in [0.29, 0.717) is 11.4 Å². The first-order chi connectivity index (χ1) is 12.8. The summed E-state index contributed by atoms with van der Waals surface area (Å²) in [4.78, 5) is 35.8. The molecule has 2 rings (SSSR count). The highest BCUT2D eigenvalue weighted by atomic mass is 16.6. The zero-order valence-electron chi connectivity index (χ0n) is 15.3. The number of nitro benzene ring substituents is 1. The molecule has 0 fully saturated rings. The van der Waals surface area contributed by atoms with Gasteiger partial charge in [0.05, 0.1) is 11.5 Å². The average Bonchev–Trinajstić information content (AvgIpc) is 2.63. The van der Waals surface area contributed by atoms with E-state index in [2.05, 4.69) is 5.32 Å². The summed E-state index contributed by atoms with van der Waals surface area (Å²) in [5.74, 6) is -0.372. The van der Waals surface area contributed by atoms with Crippen LogP contribution < -0.4 is 10.1 Å². The van der Waals surface area contributed by atoms with Crippen molar-refractivity contribution < 1.29 is 19.2 Å². The van der Waals surface area contributed by atoms with Crippen LogP contribution in [0.1, 0.15) is 12.5 Å². The number of nitro groups is 1. The Kier molecular flexibility index (Phi) is 6.48. The molecule has 27 heavy (non-hydrogen) atoms. The first kappa shape index (κ1) is 19.9. The van der Waals surface area contributed by atoms with Gasteiger partial charge in [-0.3, -0.25) is 19.7 Å². The molecule has 0 bridgehead atoms. The number of hydrogen-bond acceptors (Lipinski definition) is 5. The summed E-state index contributed by atoms with van der Waals surface area (Å²) >= 11 is 0. The van der Waals surface area contributed by atoms with Gasteiger partial charge in [0.15, 0.2) is 6.10 Å². The molecule has 1 atom stereocenters. The van der Waals surface area contributed by atoms with Crippen LogP contribution >= 0.6 is 0 Å². The second-order valence-corrected chi connectivity index (χ2v) is 6.12. The fraction of sp³-hybridized carbons (Fsp3) is 0.263. The Balaban J connectivity index is 1.88. The Morgan fingerprint density at radius 3 is 2.30 bits per heavy atom. The van der Waals surface area contributed by atoms with Gasteiger partial charge in [-0.25, -0.2) is 0 Å². The highest BCUT2D eigenvalue weighted by molar-refractivity contribution is 5.95. The number of hydrogen-bond donors (Lipinski definition) is 1. The molecular formula is C19H21N3O5. The van der Waals surface area contributed by atoms with Gasteiger partial charge in [0.2, 0.25) is 5.91 Å². The van der Waals surface area contributed by atoms with E-state index in [1.54, 1.807) is 19.1 Å². The van der Waals surface area contributed by atoms with E-state index in [9.17, 15) is 19.7 Å². The van der Waals surface area contributed by atoms with E-state index in [1.165, 1.54) is 36.2 Å². The molecule has 0 aliphatic heterocycles. The molecule has 2 aromatic rings. The summed E-state index contributed by atoms with van der Waals surface area (Å²) in [6, 6.07) is 12.8. The number of aryl methyl sites for hydroxylation is 1. The minimum atomic E-state index is -0.844. The largest absolute Gasteiger partial charge is 0.481 e. The van der Waals surface area contributed by atoms with E-state index in [4.69, 9.17) is 4.74 Å². The van der Waals surface area contributed by atoms with Crippen LogP contribution in [-0.2, 0) is 9.59 Å². The summed E-state index contributed by atoms with van der Waals surface area (Å²) in [5, 5.41) is 13.4. The van der Waals surface area contributed by atoms with Crippen molar-refractivity contribution in [3.8, 4) is 5.75 Å². The van der Waals surface area contributed by atoms with Crippen LogP contribution in [0, 0.1) is 17.0 Å². The molecule has 0 spiro atoms. The van der Waals surface area contributed by atoms with Crippen molar-refractivity contribution in [2.45, 2.75) is 20.0 Å². The lowest BCUT2D eigenvalue weighted by atomic mass is 10.2. The van der Waals surface area contributed by atoms with Crippen LogP contribution in [0.25, 0.3) is 0 Å². The minimum Gasteiger partial charge on any atom is -0.481 e. The highest BCUT2D eigenvalue weighted by Gasteiger charge is 2.21. The van der Waals surface area contributed by atoms with Crippen LogP contribution in [0.15, 0.2) is 48.5 Å². The van der Waals surface area contributed by atoms with Gasteiger partial charge in [0.1, 0.15) is 5.75 Å². The summed E-state index contributed by atoms with van der Waals surface area (Å²) in [5.41, 5.74) is 1.67. The third-order valence-electron chi connectivity index (χ3n) is 3.80. The quantitative estimate of drug-likeness (QED) is 0.596. The molecule has 0 radical (unpaired) electrons. The van der Waals surface area contributed by atoms with Gasteiger partial charge >= 0.3 is 0 Å². The number of benzene rings is 2. The number of rotatable bonds is 7. The van der Waals surface area contributed by atoms with E-state index >= 15 is 0 Å². The van der Waals surface area contributed by atoms with Crippen molar-refractivity contribution in [2.24, 2.45) is 0 Å². The number of carbonyl (C=O) groups is 2. The van der Waals surface area contributed by atoms with Crippen molar-refractivity contribution in [1.82, 2.24) is 4.90 Å². The lowest BCUT2D eigenvalue weighted by Crippen LogP contribution is -2.41. The molecule has 2 amide bonds. The monoisotopic (exact) mass is 371 g/mol. The molecule has 8 heteroatoms. The molecule has 0 aromatic heterocycles. The fourth-order valence-corrected chi connectivity index (χ4v) is 2.34. The highest BCUT2D eigenvalue weighted by Crippen LogP contribution is 2.18. The van der Waals surface area contributed by atoms with Crippen LogP contribution in [-0.4, -0.2) is 41.3 Å². The molecule has 8 nitrogen and oxygen atoms in total. The average molecular weight is 371 g/mol. The van der Waals surface area contributed by atoms with Crippen molar-refractivity contribution in [2.75, 3.05) is 18.9 Å². The normalized spacial score (nSPS) is 11.4. The van der Waals surface area contributed by atoms with Gasteiger partial charge in [-0.15, -0.1) is 0 Å². The third kappa shape index (κ3) is 5.81. The molecule has 0 unspecified atom stereocenters. The predicted octanol–water partition coefficient (Wildman–Crippen LogP) is 2.77. The molecule has 1 N–H and O–H groups in total. The molecular weight excluding hydrogens is 350 g/mol. The number of nitrogens with one attached hydrogen (secondary N) is 1. The van der Waals surface area contributed by atoms with Gasteiger partial charge in [-0.05, 0) is 38.1 Å². The number of ether oxygens (including phenoxy) is 1. The van der Waals surface area contributed by atoms with Gasteiger partial charge in [-0.2, -0.15) is 0 Å². The zero-order chi connectivity index (χ0) is 20.0. The lowest BCUT2D eigenvalue weighted by molar-refractivity contribution is -0.384. The van der Waals surface area contributed by atoms with Gasteiger partial charge in [0, 0.05) is 24.9 Å². The van der Waals surface area contributed by atoms with E-state index in [1.807, 2.05) is 19.1 Å². The van der Waals surface area contributed by atoms with Crippen molar-refractivity contribution >= 4 is 23.2 Å². The first-order valence-corrected chi connectivity index (χ1v) is 8.29. The summed E-state index contributed by atoms with van der Waals surface area (Å²) < 4.78 is 5.50. The van der Waals surface area contributed by atoms with Crippen LogP contribution in [0.2, 0.25) is 0 Å². The first-order valence-electron chi connectivity index (χ1n) is 8.29. The maximum absolute atomic E-state index is 12.4. The summed E-state index contributed by atoms with van der Waals surface area (Å²) in [6.45, 7) is 3.38. The van der Waals surface area contributed by atoms with Gasteiger partial charge in [-0.1, -0.05) is 17.7 Å². The third-order valence-corrected chi connectivity index (χ3v) is 3.80. The lowest BCUT2D eigenvalue weighted by Gasteiger charge is -2.21.